The van der Waals surface area contributed by atoms with Gasteiger partial charge in [-0.2, -0.15) is 0 Å². The zero-order valence-corrected chi connectivity index (χ0v) is 16.4. The number of guanidine groups is 1. The first-order valence-electron chi connectivity index (χ1n) is 8.28. The fourth-order valence-electron chi connectivity index (χ4n) is 3.56. The molecule has 2 aromatic heterocycles. The van der Waals surface area contributed by atoms with Gasteiger partial charge in [-0.25, -0.2) is 4.98 Å². The summed E-state index contributed by atoms with van der Waals surface area (Å²) < 4.78 is 7.93. The minimum absolute atomic E-state index is 0. The molecule has 24 heavy (non-hydrogen) atoms. The molecule has 0 saturated carbocycles. The molecule has 0 spiro atoms. The van der Waals surface area contributed by atoms with Crippen molar-refractivity contribution in [2.75, 3.05) is 7.05 Å². The van der Waals surface area contributed by atoms with E-state index in [1.807, 2.05) is 10.6 Å². The Labute approximate surface area is 159 Å². The minimum Gasteiger partial charge on any atom is -0.373 e. The molecule has 2 aliphatic rings. The maximum atomic E-state index is 5.88. The molecule has 0 amide bonds. The fourth-order valence-corrected chi connectivity index (χ4v) is 3.56. The molecule has 2 aliphatic heterocycles. The van der Waals surface area contributed by atoms with E-state index in [2.05, 4.69) is 45.9 Å². The largest absolute Gasteiger partial charge is 0.373 e. The second kappa shape index (κ2) is 7.26. The molecule has 3 unspecified atom stereocenters. The molecule has 3 atom stereocenters. The third-order valence-electron chi connectivity index (χ3n) is 4.75. The number of aryl methyl sites for hydroxylation is 1. The van der Waals surface area contributed by atoms with Crippen molar-refractivity contribution in [2.24, 2.45) is 4.99 Å². The van der Waals surface area contributed by atoms with Crippen LogP contribution >= 0.6 is 24.0 Å². The highest BCUT2D eigenvalue weighted by atomic mass is 127. The first kappa shape index (κ1) is 17.5. The van der Waals surface area contributed by atoms with Crippen molar-refractivity contribution in [3.63, 3.8) is 0 Å². The van der Waals surface area contributed by atoms with E-state index in [0.29, 0.717) is 24.8 Å². The van der Waals surface area contributed by atoms with Gasteiger partial charge in [-0.3, -0.25) is 4.99 Å². The van der Waals surface area contributed by atoms with Gasteiger partial charge in [0.1, 0.15) is 5.65 Å². The Morgan fingerprint density at radius 1 is 1.46 bits per heavy atom. The van der Waals surface area contributed by atoms with Crippen molar-refractivity contribution >= 4 is 35.6 Å². The van der Waals surface area contributed by atoms with Crippen LogP contribution in [0.4, 0.5) is 0 Å². The topological polar surface area (TPSA) is 63.0 Å². The van der Waals surface area contributed by atoms with Crippen LogP contribution in [0.1, 0.15) is 30.5 Å². The molecule has 6 nitrogen and oxygen atoms in total. The summed E-state index contributed by atoms with van der Waals surface area (Å²) in [5.41, 5.74) is 3.20. The number of ether oxygens (including phenoxy) is 1. The zero-order valence-electron chi connectivity index (χ0n) is 14.0. The Hall–Kier alpha value is -1.35. The van der Waals surface area contributed by atoms with Crippen molar-refractivity contribution in [2.45, 2.75) is 51.0 Å². The van der Waals surface area contributed by atoms with Crippen LogP contribution in [0.25, 0.3) is 5.65 Å². The van der Waals surface area contributed by atoms with Gasteiger partial charge < -0.3 is 19.8 Å². The molecule has 0 aromatic carbocycles. The molecular formula is C17H24IN5O. The van der Waals surface area contributed by atoms with Crippen molar-refractivity contribution < 1.29 is 4.74 Å². The van der Waals surface area contributed by atoms with Crippen LogP contribution in [-0.4, -0.2) is 40.6 Å². The predicted molar refractivity (Wildman–Crippen MR) is 105 cm³/mol. The summed E-state index contributed by atoms with van der Waals surface area (Å²) in [6.45, 7) is 2.73. The lowest BCUT2D eigenvalue weighted by Gasteiger charge is -2.22. The van der Waals surface area contributed by atoms with Gasteiger partial charge in [0.25, 0.3) is 0 Å². The minimum atomic E-state index is 0. The molecule has 0 radical (unpaired) electrons. The van der Waals surface area contributed by atoms with Crippen molar-refractivity contribution in [1.29, 1.82) is 0 Å². The van der Waals surface area contributed by atoms with Crippen molar-refractivity contribution in [3.8, 4) is 0 Å². The number of fused-ring (bicyclic) bond motifs is 3. The number of imidazole rings is 1. The standard InChI is InChI=1S/C17H23N5O.HI/c1-11-5-6-22-10-12(20-16(22)7-11)9-19-17(18-2)21-14-8-13-3-4-15(14)23-13;/h5-7,10,13-15H,3-4,8-9H2,1-2H3,(H2,18,19,21);1H. The number of halogens is 1. The lowest BCUT2D eigenvalue weighted by molar-refractivity contribution is 0.0992. The quantitative estimate of drug-likeness (QED) is 0.436. The highest BCUT2D eigenvalue weighted by Gasteiger charge is 2.41. The molecule has 4 rings (SSSR count). The maximum Gasteiger partial charge on any atom is 0.191 e. The van der Waals surface area contributed by atoms with Gasteiger partial charge in [-0.05, 0) is 43.9 Å². The van der Waals surface area contributed by atoms with Gasteiger partial charge in [-0.1, -0.05) is 0 Å². The molecule has 130 valence electrons. The van der Waals surface area contributed by atoms with Crippen LogP contribution in [0.2, 0.25) is 0 Å². The summed E-state index contributed by atoms with van der Waals surface area (Å²) in [4.78, 5) is 8.97. The molecule has 2 N–H and O–H groups in total. The lowest BCUT2D eigenvalue weighted by atomic mass is 9.96. The van der Waals surface area contributed by atoms with Gasteiger partial charge in [0.15, 0.2) is 5.96 Å². The van der Waals surface area contributed by atoms with Crippen LogP contribution in [0, 0.1) is 6.92 Å². The summed E-state index contributed by atoms with van der Waals surface area (Å²) >= 11 is 0. The highest BCUT2D eigenvalue weighted by Crippen LogP contribution is 2.34. The Kier molecular flexibility index (Phi) is 5.29. The van der Waals surface area contributed by atoms with Crippen LogP contribution in [0.3, 0.4) is 0 Å². The van der Waals surface area contributed by atoms with Gasteiger partial charge in [0, 0.05) is 19.4 Å². The number of aromatic nitrogens is 2. The van der Waals surface area contributed by atoms with E-state index < -0.39 is 0 Å². The average Bonchev–Trinajstić information content (AvgIpc) is 3.25. The first-order valence-corrected chi connectivity index (χ1v) is 8.28. The summed E-state index contributed by atoms with van der Waals surface area (Å²) in [7, 11) is 1.80. The van der Waals surface area contributed by atoms with Gasteiger partial charge in [0.2, 0.25) is 0 Å². The van der Waals surface area contributed by atoms with Gasteiger partial charge >= 0.3 is 0 Å². The number of hydrogen-bond acceptors (Lipinski definition) is 3. The average molecular weight is 441 g/mol. The molecule has 0 aliphatic carbocycles. The van der Waals surface area contributed by atoms with Crippen LogP contribution in [-0.2, 0) is 11.3 Å². The van der Waals surface area contributed by atoms with Crippen LogP contribution in [0.15, 0.2) is 29.5 Å². The zero-order chi connectivity index (χ0) is 15.8. The summed E-state index contributed by atoms with van der Waals surface area (Å²) in [6, 6.07) is 4.55. The Morgan fingerprint density at radius 3 is 3.04 bits per heavy atom. The molecule has 4 heterocycles. The molecule has 2 aromatic rings. The van der Waals surface area contributed by atoms with Crippen LogP contribution < -0.4 is 10.6 Å². The number of hydrogen-bond donors (Lipinski definition) is 2. The van der Waals surface area contributed by atoms with Gasteiger partial charge in [-0.15, -0.1) is 24.0 Å². The molecule has 2 fully saturated rings. The van der Waals surface area contributed by atoms with E-state index in [1.165, 1.54) is 12.0 Å². The number of nitrogens with zero attached hydrogens (tertiary/aromatic N) is 3. The normalized spacial score (nSPS) is 25.8. The number of aliphatic imine (C=N–C) groups is 1. The van der Waals surface area contributed by atoms with E-state index >= 15 is 0 Å². The van der Waals surface area contributed by atoms with Crippen LogP contribution in [0.5, 0.6) is 0 Å². The lowest BCUT2D eigenvalue weighted by Crippen LogP contribution is -2.47. The number of rotatable bonds is 3. The number of nitrogens with one attached hydrogen (secondary N) is 2. The monoisotopic (exact) mass is 441 g/mol. The first-order chi connectivity index (χ1) is 11.2. The Balaban J connectivity index is 0.00000169. The SMILES string of the molecule is CN=C(NCc1cn2ccc(C)cc2n1)NC1CC2CCC1O2.I. The molecular weight excluding hydrogens is 417 g/mol. The Morgan fingerprint density at radius 2 is 2.33 bits per heavy atom. The summed E-state index contributed by atoms with van der Waals surface area (Å²) in [5, 5.41) is 6.84. The summed E-state index contributed by atoms with van der Waals surface area (Å²) in [5.74, 6) is 0.819. The molecule has 2 saturated heterocycles. The molecule has 7 heteroatoms. The Bertz CT molecular complexity index is 744. The third-order valence-corrected chi connectivity index (χ3v) is 4.75. The fraction of sp³-hybridized carbons (Fsp3) is 0.529. The van der Waals surface area contributed by atoms with E-state index in [1.54, 1.807) is 7.05 Å². The second-order valence-electron chi connectivity index (χ2n) is 6.49. The maximum absolute atomic E-state index is 5.88. The summed E-state index contributed by atoms with van der Waals surface area (Å²) in [6.07, 6.45) is 8.32. The number of pyridine rings is 1. The van der Waals surface area contributed by atoms with E-state index in [-0.39, 0.29) is 24.0 Å². The van der Waals surface area contributed by atoms with E-state index in [4.69, 9.17) is 4.74 Å². The van der Waals surface area contributed by atoms with E-state index in [9.17, 15) is 0 Å². The van der Waals surface area contributed by atoms with Crippen molar-refractivity contribution in [1.82, 2.24) is 20.0 Å². The van der Waals surface area contributed by atoms with Crippen molar-refractivity contribution in [3.05, 3.63) is 35.8 Å². The third kappa shape index (κ3) is 3.51. The highest BCUT2D eigenvalue weighted by molar-refractivity contribution is 14.0. The molecule has 2 bridgehead atoms. The van der Waals surface area contributed by atoms with E-state index in [0.717, 1.165) is 30.1 Å². The predicted octanol–water partition coefficient (Wildman–Crippen LogP) is 2.25. The second-order valence-corrected chi connectivity index (χ2v) is 6.49. The van der Waals surface area contributed by atoms with Gasteiger partial charge in [0.05, 0.1) is 30.5 Å². The smallest absolute Gasteiger partial charge is 0.191 e.